The van der Waals surface area contributed by atoms with Crippen LogP contribution in [0.2, 0.25) is 0 Å². The molecule has 3 aromatic rings. The maximum absolute atomic E-state index is 5.98. The number of aryl methyl sites for hydroxylation is 2. The Kier molecular flexibility index (Phi) is 4.34. The molecule has 0 spiro atoms. The molecule has 4 heterocycles. The van der Waals surface area contributed by atoms with Crippen molar-refractivity contribution in [2.24, 2.45) is 0 Å². The minimum Gasteiger partial charge on any atom is -0.472 e. The SMILES string of the molecule is Cc1nc(C)c2c(n1)O[C@H](CN(C)Cc1nc(-c3ccccn3)no1)C2. The molecule has 0 aliphatic carbocycles. The van der Waals surface area contributed by atoms with Crippen molar-refractivity contribution in [1.29, 1.82) is 0 Å². The highest BCUT2D eigenvalue weighted by Gasteiger charge is 2.28. The summed E-state index contributed by atoms with van der Waals surface area (Å²) in [4.78, 5) is 19.6. The van der Waals surface area contributed by atoms with Crippen LogP contribution in [0.25, 0.3) is 11.5 Å². The first-order valence-corrected chi connectivity index (χ1v) is 8.52. The van der Waals surface area contributed by atoms with E-state index in [0.717, 1.165) is 30.0 Å². The number of likely N-dealkylation sites (N-methyl/N-ethyl adjacent to an activating group) is 1. The van der Waals surface area contributed by atoms with E-state index in [9.17, 15) is 0 Å². The summed E-state index contributed by atoms with van der Waals surface area (Å²) < 4.78 is 11.3. The summed E-state index contributed by atoms with van der Waals surface area (Å²) in [5.74, 6) is 2.50. The summed E-state index contributed by atoms with van der Waals surface area (Å²) in [6.07, 6.45) is 2.57. The predicted molar refractivity (Wildman–Crippen MR) is 93.5 cm³/mol. The highest BCUT2D eigenvalue weighted by Crippen LogP contribution is 2.29. The maximum atomic E-state index is 5.98. The largest absolute Gasteiger partial charge is 0.472 e. The lowest BCUT2D eigenvalue weighted by atomic mass is 10.1. The average molecular weight is 352 g/mol. The van der Waals surface area contributed by atoms with E-state index in [1.807, 2.05) is 39.1 Å². The van der Waals surface area contributed by atoms with Gasteiger partial charge in [0.05, 0.1) is 6.54 Å². The highest BCUT2D eigenvalue weighted by atomic mass is 16.5. The first-order valence-electron chi connectivity index (χ1n) is 8.52. The van der Waals surface area contributed by atoms with Crippen molar-refractivity contribution in [3.8, 4) is 17.4 Å². The number of hydrogen-bond donors (Lipinski definition) is 0. The minimum atomic E-state index is 0.0444. The van der Waals surface area contributed by atoms with Crippen molar-refractivity contribution in [1.82, 2.24) is 30.0 Å². The summed E-state index contributed by atoms with van der Waals surface area (Å²) in [7, 11) is 2.00. The summed E-state index contributed by atoms with van der Waals surface area (Å²) in [6, 6.07) is 5.60. The predicted octanol–water partition coefficient (Wildman–Crippen LogP) is 1.97. The zero-order valence-electron chi connectivity index (χ0n) is 15.0. The van der Waals surface area contributed by atoms with Gasteiger partial charge in [0.1, 0.15) is 17.6 Å². The van der Waals surface area contributed by atoms with Gasteiger partial charge in [0.2, 0.25) is 17.6 Å². The van der Waals surface area contributed by atoms with Gasteiger partial charge in [-0.15, -0.1) is 0 Å². The summed E-state index contributed by atoms with van der Waals surface area (Å²) in [5, 5.41) is 4.00. The Balaban J connectivity index is 1.37. The highest BCUT2D eigenvalue weighted by molar-refractivity contribution is 5.47. The van der Waals surface area contributed by atoms with Crippen LogP contribution in [-0.4, -0.2) is 49.7 Å². The normalized spacial score (nSPS) is 15.9. The lowest BCUT2D eigenvalue weighted by Crippen LogP contribution is -2.31. The van der Waals surface area contributed by atoms with Crippen LogP contribution < -0.4 is 4.74 Å². The topological polar surface area (TPSA) is 90.1 Å². The number of hydrogen-bond acceptors (Lipinski definition) is 8. The van der Waals surface area contributed by atoms with Crippen LogP contribution in [-0.2, 0) is 13.0 Å². The van der Waals surface area contributed by atoms with E-state index >= 15 is 0 Å². The number of pyridine rings is 1. The number of aromatic nitrogens is 5. The third-order valence-electron chi connectivity index (χ3n) is 4.28. The molecule has 1 aliphatic rings. The number of rotatable bonds is 5. The Hall–Kier alpha value is -2.87. The van der Waals surface area contributed by atoms with Crippen molar-refractivity contribution >= 4 is 0 Å². The van der Waals surface area contributed by atoms with Gasteiger partial charge in [0, 0.05) is 30.4 Å². The van der Waals surface area contributed by atoms with Crippen LogP contribution in [0.1, 0.15) is 23.0 Å². The second-order valence-corrected chi connectivity index (χ2v) is 6.51. The molecule has 3 aromatic heterocycles. The summed E-state index contributed by atoms with van der Waals surface area (Å²) >= 11 is 0. The quantitative estimate of drug-likeness (QED) is 0.688. The van der Waals surface area contributed by atoms with Gasteiger partial charge >= 0.3 is 0 Å². The van der Waals surface area contributed by atoms with Gasteiger partial charge in [0.15, 0.2) is 0 Å². The number of fused-ring (bicyclic) bond motifs is 1. The summed E-state index contributed by atoms with van der Waals surface area (Å²) in [6.45, 7) is 5.15. The molecule has 0 amide bonds. The molecule has 8 nitrogen and oxygen atoms in total. The van der Waals surface area contributed by atoms with Crippen LogP contribution in [0.15, 0.2) is 28.9 Å². The fraction of sp³-hybridized carbons (Fsp3) is 0.389. The molecular weight excluding hydrogens is 332 g/mol. The van der Waals surface area contributed by atoms with Gasteiger partial charge in [0.25, 0.3) is 0 Å². The summed E-state index contributed by atoms with van der Waals surface area (Å²) in [5.41, 5.74) is 2.79. The number of ether oxygens (including phenoxy) is 1. The Morgan fingerprint density at radius 2 is 2.08 bits per heavy atom. The first kappa shape index (κ1) is 16.6. The second-order valence-electron chi connectivity index (χ2n) is 6.51. The molecule has 0 saturated heterocycles. The van der Waals surface area contributed by atoms with E-state index in [1.54, 1.807) is 6.20 Å². The van der Waals surface area contributed by atoms with Crippen LogP contribution in [0, 0.1) is 13.8 Å². The van der Waals surface area contributed by atoms with E-state index in [2.05, 4.69) is 30.0 Å². The van der Waals surface area contributed by atoms with Crippen molar-refractivity contribution in [2.45, 2.75) is 32.9 Å². The van der Waals surface area contributed by atoms with Gasteiger partial charge in [-0.25, -0.2) is 4.98 Å². The van der Waals surface area contributed by atoms with Crippen LogP contribution >= 0.6 is 0 Å². The molecule has 8 heteroatoms. The van der Waals surface area contributed by atoms with E-state index in [4.69, 9.17) is 9.26 Å². The smallest absolute Gasteiger partial charge is 0.241 e. The molecule has 0 fully saturated rings. The van der Waals surface area contributed by atoms with Crippen molar-refractivity contribution in [2.75, 3.05) is 13.6 Å². The molecule has 26 heavy (non-hydrogen) atoms. The van der Waals surface area contributed by atoms with Gasteiger partial charge < -0.3 is 9.26 Å². The molecule has 0 radical (unpaired) electrons. The molecule has 1 atom stereocenters. The molecule has 0 unspecified atom stereocenters. The van der Waals surface area contributed by atoms with Crippen LogP contribution in [0.5, 0.6) is 5.88 Å². The lowest BCUT2D eigenvalue weighted by Gasteiger charge is -2.18. The third-order valence-corrected chi connectivity index (χ3v) is 4.28. The van der Waals surface area contributed by atoms with E-state index in [-0.39, 0.29) is 6.10 Å². The zero-order valence-corrected chi connectivity index (χ0v) is 15.0. The van der Waals surface area contributed by atoms with Crippen LogP contribution in [0.3, 0.4) is 0 Å². The van der Waals surface area contributed by atoms with Crippen molar-refractivity contribution in [3.05, 3.63) is 47.4 Å². The van der Waals surface area contributed by atoms with Gasteiger partial charge in [-0.3, -0.25) is 9.88 Å². The Labute approximate surface area is 151 Å². The molecule has 0 bridgehead atoms. The Bertz CT molecular complexity index is 911. The second kappa shape index (κ2) is 6.80. The Morgan fingerprint density at radius 1 is 1.19 bits per heavy atom. The van der Waals surface area contributed by atoms with Crippen molar-refractivity contribution in [3.63, 3.8) is 0 Å². The van der Waals surface area contributed by atoms with E-state index < -0.39 is 0 Å². The molecule has 0 aromatic carbocycles. The van der Waals surface area contributed by atoms with E-state index in [1.165, 1.54) is 0 Å². The van der Waals surface area contributed by atoms with Gasteiger partial charge in [-0.2, -0.15) is 9.97 Å². The van der Waals surface area contributed by atoms with Gasteiger partial charge in [-0.1, -0.05) is 11.2 Å². The Morgan fingerprint density at radius 3 is 2.88 bits per heavy atom. The third kappa shape index (κ3) is 3.41. The average Bonchev–Trinajstić information content (AvgIpc) is 3.22. The minimum absolute atomic E-state index is 0.0444. The molecule has 0 N–H and O–H groups in total. The lowest BCUT2D eigenvalue weighted by molar-refractivity contribution is 0.151. The first-order chi connectivity index (χ1) is 12.6. The van der Waals surface area contributed by atoms with Crippen molar-refractivity contribution < 1.29 is 9.26 Å². The standard InChI is InChI=1S/C18H20N6O2/c1-11-14-8-13(25-18(14)21-12(2)20-11)9-24(3)10-16-22-17(23-26-16)15-6-4-5-7-19-15/h4-7,13H,8-10H2,1-3H3/t13-/m0/s1. The monoisotopic (exact) mass is 352 g/mol. The molecule has 4 rings (SSSR count). The molecule has 134 valence electrons. The number of nitrogens with zero attached hydrogens (tertiary/aromatic N) is 6. The van der Waals surface area contributed by atoms with Crippen LogP contribution in [0.4, 0.5) is 0 Å². The van der Waals surface area contributed by atoms with E-state index in [0.29, 0.717) is 29.8 Å². The fourth-order valence-corrected chi connectivity index (χ4v) is 3.13. The fourth-order valence-electron chi connectivity index (χ4n) is 3.13. The molecule has 1 aliphatic heterocycles. The van der Waals surface area contributed by atoms with Gasteiger partial charge in [-0.05, 0) is 33.0 Å². The maximum Gasteiger partial charge on any atom is 0.241 e. The molecular formula is C18H20N6O2. The molecule has 0 saturated carbocycles. The zero-order chi connectivity index (χ0) is 18.1.